The van der Waals surface area contributed by atoms with Crippen molar-refractivity contribution < 1.29 is 113 Å². The van der Waals surface area contributed by atoms with Gasteiger partial charge in [0, 0.05) is 113 Å². The molecule has 0 fully saturated rings. The third-order valence-electron chi connectivity index (χ3n) is 0. The van der Waals surface area contributed by atoms with Crippen LogP contribution in [0.5, 0.6) is 0 Å². The molecule has 0 aliphatic carbocycles. The first kappa shape index (κ1) is 32.8. The van der Waals surface area contributed by atoms with Crippen molar-refractivity contribution in [2.75, 3.05) is 0 Å². The zero-order chi connectivity index (χ0) is 0. The second-order valence-electron chi connectivity index (χ2n) is 0. The van der Waals surface area contributed by atoms with E-state index in [1.54, 1.807) is 0 Å². The SMILES string of the molecule is [AlH3].[AlH3].[Ho].[Ho].[Ho]. The van der Waals surface area contributed by atoms with E-state index in [9.17, 15) is 0 Å². The van der Waals surface area contributed by atoms with Crippen LogP contribution in [-0.4, -0.2) is 34.7 Å². The van der Waals surface area contributed by atoms with Crippen LogP contribution in [0.1, 0.15) is 0 Å². The maximum absolute atomic E-state index is 0. The average molecular weight is 555 g/mol. The molecule has 0 aromatic carbocycles. The van der Waals surface area contributed by atoms with E-state index in [1.807, 2.05) is 0 Å². The maximum Gasteiger partial charge on any atom is 0.187 e. The third kappa shape index (κ3) is 17.7. The van der Waals surface area contributed by atoms with Gasteiger partial charge in [0.05, 0.1) is 0 Å². The van der Waals surface area contributed by atoms with E-state index in [4.69, 9.17) is 0 Å². The molecule has 0 atom stereocenters. The average Bonchev–Trinajstić information content (AvgIpc) is 0. The Balaban J connectivity index is 0. The molecule has 0 saturated heterocycles. The maximum atomic E-state index is 0. The van der Waals surface area contributed by atoms with Gasteiger partial charge in [-0.15, -0.1) is 0 Å². The predicted octanol–water partition coefficient (Wildman–Crippen LogP) is -2.37. The molecule has 0 aliphatic rings. The minimum absolute atomic E-state index is 0. The Labute approximate surface area is 143 Å². The molecule has 0 aromatic heterocycles. The molecule has 0 amide bonds. The molecule has 5 heteroatoms. The Hall–Kier alpha value is 4.84. The van der Waals surface area contributed by atoms with Gasteiger partial charge in [0.1, 0.15) is 0 Å². The topological polar surface area (TPSA) is 0 Å². The minimum Gasteiger partial charge on any atom is 0 e. The first-order valence-corrected chi connectivity index (χ1v) is 0. The summed E-state index contributed by atoms with van der Waals surface area (Å²) in [4.78, 5) is 0. The van der Waals surface area contributed by atoms with Gasteiger partial charge in [-0.2, -0.15) is 0 Å². The Morgan fingerprint density at radius 2 is 0.400 bits per heavy atom. The Morgan fingerprint density at radius 1 is 0.400 bits per heavy atom. The molecule has 5 heavy (non-hydrogen) atoms. The van der Waals surface area contributed by atoms with Gasteiger partial charge in [0.2, 0.25) is 0 Å². The first-order chi connectivity index (χ1) is 0. The number of hydrogen-bond acceptors (Lipinski definition) is 0. The smallest absolute Gasteiger partial charge is 0 e. The molecular formula is H6Al2Ho3. The monoisotopic (exact) mass is 555 g/mol. The van der Waals surface area contributed by atoms with Gasteiger partial charge in [-0.1, -0.05) is 0 Å². The standard InChI is InChI=1S/2Al.3Ho.6H. The van der Waals surface area contributed by atoms with Gasteiger partial charge in [0.15, 0.2) is 34.7 Å². The van der Waals surface area contributed by atoms with Crippen molar-refractivity contribution in [3.05, 3.63) is 0 Å². The molecule has 0 N–H and O–H groups in total. The van der Waals surface area contributed by atoms with E-state index in [0.717, 1.165) is 0 Å². The molecule has 3 radical (unpaired) electrons. The molecule has 0 bridgehead atoms. The molecule has 0 aromatic rings. The van der Waals surface area contributed by atoms with Crippen LogP contribution in [0, 0.1) is 113 Å². The summed E-state index contributed by atoms with van der Waals surface area (Å²) in [5.74, 6) is 0. The van der Waals surface area contributed by atoms with Gasteiger partial charge in [0.25, 0.3) is 0 Å². The van der Waals surface area contributed by atoms with E-state index in [0.29, 0.717) is 0 Å². The summed E-state index contributed by atoms with van der Waals surface area (Å²) >= 11 is 0. The second-order valence-corrected chi connectivity index (χ2v) is 0. The van der Waals surface area contributed by atoms with Crippen molar-refractivity contribution in [1.29, 1.82) is 0 Å². The molecule has 0 saturated carbocycles. The largest absolute Gasteiger partial charge is 0.187 e. The van der Waals surface area contributed by atoms with E-state index in [-0.39, 0.29) is 148 Å². The quantitative estimate of drug-likeness (QED) is 0.294. The van der Waals surface area contributed by atoms with Crippen molar-refractivity contribution in [3.8, 4) is 0 Å². The zero-order valence-electron chi connectivity index (χ0n) is 0.905. The van der Waals surface area contributed by atoms with Gasteiger partial charge in [-0.05, 0) is 0 Å². The van der Waals surface area contributed by atoms with Crippen molar-refractivity contribution in [3.63, 3.8) is 0 Å². The third-order valence-corrected chi connectivity index (χ3v) is 0. The van der Waals surface area contributed by atoms with Crippen LogP contribution in [0.25, 0.3) is 0 Å². The van der Waals surface area contributed by atoms with Crippen molar-refractivity contribution in [2.45, 2.75) is 0 Å². The van der Waals surface area contributed by atoms with Gasteiger partial charge in [-0.3, -0.25) is 0 Å². The fraction of sp³-hybridized carbons (Fsp3) is 0. The van der Waals surface area contributed by atoms with E-state index >= 15 is 0 Å². The summed E-state index contributed by atoms with van der Waals surface area (Å²) in [5.41, 5.74) is 0. The molecule has 0 heterocycles. The van der Waals surface area contributed by atoms with Crippen LogP contribution in [-0.2, 0) is 0 Å². The minimum atomic E-state index is 0. The van der Waals surface area contributed by atoms with Gasteiger partial charge < -0.3 is 0 Å². The van der Waals surface area contributed by atoms with Crippen molar-refractivity contribution in [1.82, 2.24) is 0 Å². The second kappa shape index (κ2) is 23.2. The van der Waals surface area contributed by atoms with Crippen LogP contribution in [0.2, 0.25) is 0 Å². The van der Waals surface area contributed by atoms with Crippen LogP contribution < -0.4 is 0 Å². The summed E-state index contributed by atoms with van der Waals surface area (Å²) < 4.78 is 0. The Kier molecular flexibility index (Phi) is 152. The Morgan fingerprint density at radius 3 is 0.400 bits per heavy atom. The van der Waals surface area contributed by atoms with Crippen molar-refractivity contribution in [2.24, 2.45) is 0 Å². The van der Waals surface area contributed by atoms with Gasteiger partial charge in [-0.25, -0.2) is 0 Å². The summed E-state index contributed by atoms with van der Waals surface area (Å²) in [6, 6.07) is 0. The molecular weight excluding hydrogens is 549 g/mol. The fourth-order valence-corrected chi connectivity index (χ4v) is 0. The van der Waals surface area contributed by atoms with E-state index in [1.165, 1.54) is 0 Å². The Bertz CT molecular complexity index is 4.85. The van der Waals surface area contributed by atoms with Crippen molar-refractivity contribution >= 4 is 34.7 Å². The fourth-order valence-electron chi connectivity index (χ4n) is 0. The van der Waals surface area contributed by atoms with Crippen LogP contribution in [0.3, 0.4) is 0 Å². The van der Waals surface area contributed by atoms with Gasteiger partial charge >= 0.3 is 0 Å². The summed E-state index contributed by atoms with van der Waals surface area (Å²) in [5, 5.41) is 0. The predicted molar refractivity (Wildman–Crippen MR) is 19.9 cm³/mol. The molecule has 45 valence electrons. The summed E-state index contributed by atoms with van der Waals surface area (Å²) in [6.07, 6.45) is 0. The van der Waals surface area contributed by atoms with E-state index in [2.05, 4.69) is 0 Å². The molecule has 0 spiro atoms. The number of rotatable bonds is 0. The molecule has 0 unspecified atom stereocenters. The van der Waals surface area contributed by atoms with Crippen LogP contribution >= 0.6 is 0 Å². The first-order valence-electron chi connectivity index (χ1n) is 0. The van der Waals surface area contributed by atoms with Crippen LogP contribution in [0.4, 0.5) is 0 Å². The summed E-state index contributed by atoms with van der Waals surface area (Å²) in [6.45, 7) is 0. The molecule has 0 rings (SSSR count). The normalized spacial score (nSPS) is 0. The number of hydrogen-bond donors (Lipinski definition) is 0. The van der Waals surface area contributed by atoms with Crippen LogP contribution in [0.15, 0.2) is 0 Å². The van der Waals surface area contributed by atoms with E-state index < -0.39 is 0 Å². The molecule has 0 nitrogen and oxygen atoms in total. The summed E-state index contributed by atoms with van der Waals surface area (Å²) in [7, 11) is 0. The zero-order valence-corrected chi connectivity index (χ0v) is 6.71. The molecule has 0 aliphatic heterocycles.